The van der Waals surface area contributed by atoms with Gasteiger partial charge < -0.3 is 14.8 Å². The van der Waals surface area contributed by atoms with Crippen LogP contribution in [0.4, 0.5) is 14.5 Å². The average Bonchev–Trinajstić information content (AvgIpc) is 2.61. The van der Waals surface area contributed by atoms with Crippen LogP contribution in [-0.2, 0) is 9.53 Å². The number of nitrogens with one attached hydrogen (secondary N) is 1. The van der Waals surface area contributed by atoms with E-state index in [-0.39, 0.29) is 12.1 Å². The number of ether oxygens (including phenoxy) is 2. The summed E-state index contributed by atoms with van der Waals surface area (Å²) >= 11 is 0. The zero-order valence-electron chi connectivity index (χ0n) is 13.6. The number of esters is 1. The van der Waals surface area contributed by atoms with E-state index in [1.54, 1.807) is 12.1 Å². The molecule has 5 nitrogen and oxygen atoms in total. The summed E-state index contributed by atoms with van der Waals surface area (Å²) in [7, 11) is 1.08. The summed E-state index contributed by atoms with van der Waals surface area (Å²) in [5.41, 5.74) is -0.734. The van der Waals surface area contributed by atoms with E-state index in [1.165, 1.54) is 0 Å². The van der Waals surface area contributed by atoms with Crippen LogP contribution in [0.3, 0.4) is 0 Å². The van der Waals surface area contributed by atoms with Crippen molar-refractivity contribution in [1.29, 1.82) is 0 Å². The van der Waals surface area contributed by atoms with Crippen LogP contribution in [-0.4, -0.2) is 25.6 Å². The maximum Gasteiger partial charge on any atom is 0.340 e. The number of rotatable bonds is 7. The molecule has 0 saturated heterocycles. The van der Waals surface area contributed by atoms with Gasteiger partial charge in [0.15, 0.2) is 0 Å². The van der Waals surface area contributed by atoms with Gasteiger partial charge in [-0.25, -0.2) is 13.6 Å². The van der Waals surface area contributed by atoms with Gasteiger partial charge in [0.05, 0.1) is 25.0 Å². The molecule has 0 spiro atoms. The third kappa shape index (κ3) is 5.27. The number of halogens is 2. The Morgan fingerprint density at radius 2 is 1.80 bits per heavy atom. The Bertz CT molecular complexity index is 750. The summed E-state index contributed by atoms with van der Waals surface area (Å²) in [6.45, 7) is 0.316. The maximum atomic E-state index is 13.7. The first-order valence-corrected chi connectivity index (χ1v) is 7.56. The van der Waals surface area contributed by atoms with Gasteiger partial charge in [-0.1, -0.05) is 18.2 Å². The molecular weight excluding hydrogens is 332 g/mol. The summed E-state index contributed by atoms with van der Waals surface area (Å²) in [5, 5.41) is 2.31. The minimum absolute atomic E-state index is 0.0806. The molecule has 0 bridgehead atoms. The van der Waals surface area contributed by atoms with E-state index >= 15 is 0 Å². The number of hydrogen-bond donors (Lipinski definition) is 1. The van der Waals surface area contributed by atoms with E-state index in [9.17, 15) is 18.4 Å². The molecule has 2 aromatic rings. The highest BCUT2D eigenvalue weighted by atomic mass is 19.1. The van der Waals surface area contributed by atoms with E-state index in [1.807, 2.05) is 18.2 Å². The van der Waals surface area contributed by atoms with Crippen LogP contribution in [0.25, 0.3) is 0 Å². The molecule has 7 heteroatoms. The Morgan fingerprint density at radius 1 is 1.08 bits per heavy atom. The molecule has 25 heavy (non-hydrogen) atoms. The lowest BCUT2D eigenvalue weighted by Gasteiger charge is -2.09. The summed E-state index contributed by atoms with van der Waals surface area (Å²) in [6, 6.07) is 10.6. The Labute approximate surface area is 143 Å². The lowest BCUT2D eigenvalue weighted by atomic mass is 10.1. The average molecular weight is 349 g/mol. The number of anilines is 1. The van der Waals surface area contributed by atoms with E-state index in [4.69, 9.17) is 4.74 Å². The number of carbonyl (C=O) groups is 2. The Morgan fingerprint density at radius 3 is 2.48 bits per heavy atom. The van der Waals surface area contributed by atoms with Crippen molar-refractivity contribution in [2.45, 2.75) is 12.8 Å². The molecule has 2 rings (SSSR count). The SMILES string of the molecule is COC(=O)c1cc(NC(=O)CCCOc2ccccc2)c(F)cc1F. The van der Waals surface area contributed by atoms with Gasteiger partial charge in [-0.2, -0.15) is 0 Å². The van der Waals surface area contributed by atoms with Crippen molar-refractivity contribution < 1.29 is 27.8 Å². The van der Waals surface area contributed by atoms with Gasteiger partial charge in [0, 0.05) is 12.5 Å². The van der Waals surface area contributed by atoms with E-state index in [2.05, 4.69) is 10.1 Å². The molecule has 0 aromatic heterocycles. The van der Waals surface area contributed by atoms with Gasteiger partial charge in [0.1, 0.15) is 17.4 Å². The van der Waals surface area contributed by atoms with Crippen molar-refractivity contribution in [2.24, 2.45) is 0 Å². The number of hydrogen-bond acceptors (Lipinski definition) is 4. The fourth-order valence-corrected chi connectivity index (χ4v) is 2.06. The third-order valence-electron chi connectivity index (χ3n) is 3.30. The van der Waals surface area contributed by atoms with Crippen molar-refractivity contribution in [1.82, 2.24) is 0 Å². The number of para-hydroxylation sites is 1. The second kappa shape index (κ2) is 8.77. The number of carbonyl (C=O) groups excluding carboxylic acids is 2. The Kier molecular flexibility index (Phi) is 6.45. The molecule has 0 saturated carbocycles. The minimum Gasteiger partial charge on any atom is -0.494 e. The molecule has 0 radical (unpaired) electrons. The van der Waals surface area contributed by atoms with Crippen LogP contribution in [0.1, 0.15) is 23.2 Å². The Balaban J connectivity index is 1.88. The van der Waals surface area contributed by atoms with Gasteiger partial charge in [0.25, 0.3) is 0 Å². The van der Waals surface area contributed by atoms with Crippen LogP contribution in [0.2, 0.25) is 0 Å². The van der Waals surface area contributed by atoms with Crippen molar-refractivity contribution in [3.8, 4) is 5.75 Å². The molecule has 0 aliphatic carbocycles. The molecule has 2 aromatic carbocycles. The van der Waals surface area contributed by atoms with Gasteiger partial charge in [-0.05, 0) is 24.6 Å². The first-order valence-electron chi connectivity index (χ1n) is 7.56. The van der Waals surface area contributed by atoms with Crippen molar-refractivity contribution in [2.75, 3.05) is 19.0 Å². The van der Waals surface area contributed by atoms with Crippen LogP contribution >= 0.6 is 0 Å². The molecule has 1 N–H and O–H groups in total. The zero-order valence-corrected chi connectivity index (χ0v) is 13.6. The minimum atomic E-state index is -1.06. The largest absolute Gasteiger partial charge is 0.494 e. The van der Waals surface area contributed by atoms with Crippen molar-refractivity contribution in [3.05, 3.63) is 59.7 Å². The smallest absolute Gasteiger partial charge is 0.340 e. The quantitative estimate of drug-likeness (QED) is 0.613. The summed E-state index contributed by atoms with van der Waals surface area (Å²) in [5.74, 6) is -2.77. The fraction of sp³-hybridized carbons (Fsp3) is 0.222. The monoisotopic (exact) mass is 349 g/mol. The number of amides is 1. The predicted octanol–water partition coefficient (Wildman–Crippen LogP) is 3.55. The van der Waals surface area contributed by atoms with E-state index < -0.39 is 29.1 Å². The van der Waals surface area contributed by atoms with Gasteiger partial charge in [-0.15, -0.1) is 0 Å². The van der Waals surface area contributed by atoms with Crippen molar-refractivity contribution in [3.63, 3.8) is 0 Å². The molecule has 0 aliphatic rings. The second-order valence-corrected chi connectivity index (χ2v) is 5.12. The molecule has 0 aliphatic heterocycles. The number of methoxy groups -OCH3 is 1. The lowest BCUT2D eigenvalue weighted by Crippen LogP contribution is -2.15. The fourth-order valence-electron chi connectivity index (χ4n) is 2.06. The zero-order chi connectivity index (χ0) is 18.2. The van der Waals surface area contributed by atoms with Gasteiger partial charge >= 0.3 is 5.97 Å². The molecule has 0 heterocycles. The summed E-state index contributed by atoms with van der Waals surface area (Å²) in [6.07, 6.45) is 0.491. The van der Waals surface area contributed by atoms with Crippen LogP contribution in [0.15, 0.2) is 42.5 Å². The molecular formula is C18H17F2NO4. The van der Waals surface area contributed by atoms with E-state index in [0.717, 1.165) is 13.2 Å². The number of benzene rings is 2. The molecule has 132 valence electrons. The molecule has 0 unspecified atom stereocenters. The van der Waals surface area contributed by atoms with Crippen LogP contribution in [0, 0.1) is 11.6 Å². The highest BCUT2D eigenvalue weighted by molar-refractivity contribution is 5.94. The highest BCUT2D eigenvalue weighted by Gasteiger charge is 2.17. The molecule has 1 amide bonds. The highest BCUT2D eigenvalue weighted by Crippen LogP contribution is 2.20. The Hall–Kier alpha value is -2.96. The molecule has 0 atom stereocenters. The summed E-state index contributed by atoms with van der Waals surface area (Å²) in [4.78, 5) is 23.3. The first-order chi connectivity index (χ1) is 12.0. The van der Waals surface area contributed by atoms with Crippen molar-refractivity contribution >= 4 is 17.6 Å². The molecule has 0 fully saturated rings. The predicted molar refractivity (Wildman–Crippen MR) is 87.5 cm³/mol. The standard InChI is InChI=1S/C18H17F2NO4/c1-24-18(23)13-10-16(15(20)11-14(13)19)21-17(22)8-5-9-25-12-6-3-2-4-7-12/h2-4,6-7,10-11H,5,8-9H2,1H3,(H,21,22). The van der Waals surface area contributed by atoms with E-state index in [0.29, 0.717) is 24.8 Å². The normalized spacial score (nSPS) is 10.2. The van der Waals surface area contributed by atoms with Crippen LogP contribution < -0.4 is 10.1 Å². The first kappa shape index (κ1) is 18.4. The summed E-state index contributed by atoms with van der Waals surface area (Å²) < 4.78 is 37.1. The van der Waals surface area contributed by atoms with Gasteiger partial charge in [0.2, 0.25) is 5.91 Å². The van der Waals surface area contributed by atoms with Crippen LogP contribution in [0.5, 0.6) is 5.75 Å². The third-order valence-corrected chi connectivity index (χ3v) is 3.30. The van der Waals surface area contributed by atoms with Gasteiger partial charge in [-0.3, -0.25) is 4.79 Å². The lowest BCUT2D eigenvalue weighted by molar-refractivity contribution is -0.116. The second-order valence-electron chi connectivity index (χ2n) is 5.12. The maximum absolute atomic E-state index is 13.7. The topological polar surface area (TPSA) is 64.6 Å².